The van der Waals surface area contributed by atoms with Gasteiger partial charge in [-0.2, -0.15) is 0 Å². The molecule has 0 bridgehead atoms. The Balaban J connectivity index is 2.04. The van der Waals surface area contributed by atoms with E-state index in [1.807, 2.05) is 64.1 Å². The number of aromatic nitrogens is 2. The molecule has 0 aliphatic carbocycles. The lowest BCUT2D eigenvalue weighted by Gasteiger charge is -2.28. The molecule has 1 atom stereocenters. The molecular weight excluding hydrogens is 536 g/mol. The van der Waals surface area contributed by atoms with Crippen LogP contribution in [-0.2, 0) is 14.3 Å². The molecule has 176 valence electrons. The summed E-state index contributed by atoms with van der Waals surface area (Å²) in [7, 11) is 1.38. The van der Waals surface area contributed by atoms with Gasteiger partial charge in [0.05, 0.1) is 22.9 Å². The Morgan fingerprint density at radius 3 is 2.44 bits per heavy atom. The maximum atomic E-state index is 13.0. The fourth-order valence-corrected chi connectivity index (χ4v) is 5.39. The number of ether oxygens (including phenoxy) is 2. The van der Waals surface area contributed by atoms with Crippen molar-refractivity contribution in [2.75, 3.05) is 7.11 Å². The number of benzene rings is 2. The molecule has 1 unspecified atom stereocenters. The Morgan fingerprint density at radius 1 is 1.12 bits per heavy atom. The first kappa shape index (κ1) is 24.8. The Labute approximate surface area is 216 Å². The molecule has 34 heavy (non-hydrogen) atoms. The Hall–Kier alpha value is -2.32. The van der Waals surface area contributed by atoms with Gasteiger partial charge in [-0.25, -0.2) is 9.78 Å². The molecule has 4 aromatic rings. The zero-order valence-corrected chi connectivity index (χ0v) is 22.6. The summed E-state index contributed by atoms with van der Waals surface area (Å²) in [4.78, 5) is 22.2. The van der Waals surface area contributed by atoms with E-state index in [0.717, 1.165) is 47.5 Å². The number of halogens is 2. The molecule has 0 aliphatic heterocycles. The number of methoxy groups -OCH3 is 1. The van der Waals surface area contributed by atoms with Crippen molar-refractivity contribution in [2.45, 2.75) is 39.4 Å². The third kappa shape index (κ3) is 5.18. The second-order valence-corrected chi connectivity index (χ2v) is 11.2. The lowest BCUT2D eigenvalue weighted by molar-refractivity contribution is -0.164. The van der Waals surface area contributed by atoms with Crippen LogP contribution in [0.5, 0.6) is 0 Å². The van der Waals surface area contributed by atoms with Crippen LogP contribution in [0.1, 0.15) is 38.0 Å². The minimum absolute atomic E-state index is 0.450. The molecule has 0 N–H and O–H groups in total. The lowest BCUT2D eigenvalue weighted by atomic mass is 9.91. The van der Waals surface area contributed by atoms with Crippen molar-refractivity contribution < 1.29 is 14.3 Å². The fraction of sp³-hybridized carbons (Fsp3) is 0.269. The normalized spacial score (nSPS) is 12.7. The van der Waals surface area contributed by atoms with Crippen LogP contribution < -0.4 is 0 Å². The van der Waals surface area contributed by atoms with E-state index in [0.29, 0.717) is 5.02 Å². The van der Waals surface area contributed by atoms with Crippen LogP contribution in [0.3, 0.4) is 0 Å². The quantitative estimate of drug-likeness (QED) is 0.234. The second-order valence-electron chi connectivity index (χ2n) is 8.88. The number of fused-ring (bicyclic) bond motifs is 1. The fourth-order valence-electron chi connectivity index (χ4n) is 3.79. The number of rotatable bonds is 5. The molecule has 0 spiro atoms. The average molecular weight is 560 g/mol. The number of carbonyl (C=O) groups excluding carboxylic acids is 1. The number of hydrogen-bond acceptors (Lipinski definition) is 6. The number of hydrogen-bond donors (Lipinski definition) is 0. The molecule has 2 aromatic heterocycles. The van der Waals surface area contributed by atoms with E-state index in [4.69, 9.17) is 26.1 Å². The number of aryl methyl sites for hydroxylation is 1. The molecule has 5 nitrogen and oxygen atoms in total. The zero-order valence-electron chi connectivity index (χ0n) is 19.5. The summed E-state index contributed by atoms with van der Waals surface area (Å²) in [6.45, 7) is 7.73. The summed E-state index contributed by atoms with van der Waals surface area (Å²) in [5.41, 5.74) is 4.64. The highest BCUT2D eigenvalue weighted by Gasteiger charge is 2.33. The Morgan fingerprint density at radius 2 is 1.82 bits per heavy atom. The van der Waals surface area contributed by atoms with Gasteiger partial charge in [-0.3, -0.25) is 4.98 Å². The Bertz CT molecular complexity index is 1360. The third-order valence-corrected chi connectivity index (χ3v) is 6.98. The van der Waals surface area contributed by atoms with Crippen molar-refractivity contribution in [3.05, 3.63) is 69.4 Å². The molecule has 0 fully saturated rings. The van der Waals surface area contributed by atoms with E-state index >= 15 is 0 Å². The SMILES string of the molecule is COC(=O)C(OC(C)(C)C)c1c(C)cc2nc(-c3cncc(Br)c3)sc2c1-c1ccc(Cl)cc1. The van der Waals surface area contributed by atoms with Crippen LogP contribution in [0.4, 0.5) is 0 Å². The first-order chi connectivity index (χ1) is 16.1. The first-order valence-electron chi connectivity index (χ1n) is 10.6. The van der Waals surface area contributed by atoms with Crippen LogP contribution in [-0.4, -0.2) is 28.6 Å². The zero-order chi connectivity index (χ0) is 24.6. The van der Waals surface area contributed by atoms with E-state index in [1.54, 1.807) is 23.7 Å². The van der Waals surface area contributed by atoms with Crippen LogP contribution in [0.15, 0.2) is 53.3 Å². The number of thiazole rings is 1. The third-order valence-electron chi connectivity index (χ3n) is 5.16. The largest absolute Gasteiger partial charge is 0.467 e. The van der Waals surface area contributed by atoms with Crippen molar-refractivity contribution >= 4 is 55.1 Å². The van der Waals surface area contributed by atoms with E-state index in [2.05, 4.69) is 20.9 Å². The summed E-state index contributed by atoms with van der Waals surface area (Å²) in [5, 5.41) is 1.47. The molecule has 4 rings (SSSR count). The van der Waals surface area contributed by atoms with Crippen LogP contribution in [0.25, 0.3) is 31.9 Å². The summed E-state index contributed by atoms with van der Waals surface area (Å²) >= 11 is 11.2. The van der Waals surface area contributed by atoms with E-state index in [-0.39, 0.29) is 0 Å². The van der Waals surface area contributed by atoms with Crippen LogP contribution in [0, 0.1) is 6.92 Å². The van der Waals surface area contributed by atoms with Gasteiger partial charge in [0.2, 0.25) is 0 Å². The van der Waals surface area contributed by atoms with E-state index < -0.39 is 17.7 Å². The predicted molar refractivity (Wildman–Crippen MR) is 141 cm³/mol. The van der Waals surface area contributed by atoms with Gasteiger partial charge >= 0.3 is 5.97 Å². The van der Waals surface area contributed by atoms with Crippen molar-refractivity contribution in [1.29, 1.82) is 0 Å². The number of pyridine rings is 1. The minimum Gasteiger partial charge on any atom is -0.467 e. The monoisotopic (exact) mass is 558 g/mol. The summed E-state index contributed by atoms with van der Waals surface area (Å²) in [5.74, 6) is -0.450. The second kappa shape index (κ2) is 9.74. The molecule has 8 heteroatoms. The topological polar surface area (TPSA) is 61.3 Å². The van der Waals surface area contributed by atoms with Crippen molar-refractivity contribution in [3.63, 3.8) is 0 Å². The molecule has 0 saturated carbocycles. The molecule has 0 radical (unpaired) electrons. The van der Waals surface area contributed by atoms with Crippen LogP contribution >= 0.6 is 38.9 Å². The summed E-state index contributed by atoms with van der Waals surface area (Å²) in [6, 6.07) is 11.6. The van der Waals surface area contributed by atoms with Gasteiger partial charge in [-0.05, 0) is 79.0 Å². The van der Waals surface area contributed by atoms with Gasteiger partial charge in [0.25, 0.3) is 0 Å². The average Bonchev–Trinajstić information content (AvgIpc) is 3.20. The maximum absolute atomic E-state index is 13.0. The van der Waals surface area contributed by atoms with Crippen LogP contribution in [0.2, 0.25) is 5.02 Å². The van der Waals surface area contributed by atoms with Gasteiger partial charge in [-0.15, -0.1) is 11.3 Å². The Kier molecular flexibility index (Phi) is 7.10. The van der Waals surface area contributed by atoms with Gasteiger partial charge < -0.3 is 9.47 Å². The highest BCUT2D eigenvalue weighted by Crippen LogP contribution is 2.44. The van der Waals surface area contributed by atoms with E-state index in [1.165, 1.54) is 7.11 Å². The van der Waals surface area contributed by atoms with Crippen molar-refractivity contribution in [2.24, 2.45) is 0 Å². The molecular formula is C26H24BrClN2O3S. The summed E-state index contributed by atoms with van der Waals surface area (Å²) in [6.07, 6.45) is 2.62. The molecule has 0 saturated heterocycles. The van der Waals surface area contributed by atoms with E-state index in [9.17, 15) is 4.79 Å². The number of nitrogens with zero attached hydrogens (tertiary/aromatic N) is 2. The summed E-state index contributed by atoms with van der Waals surface area (Å²) < 4.78 is 13.3. The standard InChI is InChI=1S/C26H24BrClN2O3S/c1-14-10-19-23(34-24(30-19)16-11-17(27)13-29-12-16)21(15-6-8-18(28)9-7-15)20(14)22(25(31)32-5)33-26(2,3)4/h6-13,22H,1-5H3. The first-order valence-corrected chi connectivity index (χ1v) is 12.6. The smallest absolute Gasteiger partial charge is 0.339 e. The van der Waals surface area contributed by atoms with Crippen molar-refractivity contribution in [1.82, 2.24) is 9.97 Å². The molecule has 2 heterocycles. The molecule has 2 aromatic carbocycles. The van der Waals surface area contributed by atoms with Crippen molar-refractivity contribution in [3.8, 4) is 21.7 Å². The molecule has 0 amide bonds. The minimum atomic E-state index is -0.904. The predicted octanol–water partition coefficient (Wildman–Crippen LogP) is 7.78. The lowest BCUT2D eigenvalue weighted by Crippen LogP contribution is -2.29. The number of esters is 1. The van der Waals surface area contributed by atoms with Gasteiger partial charge in [0, 0.05) is 38.6 Å². The van der Waals surface area contributed by atoms with Gasteiger partial charge in [0.1, 0.15) is 5.01 Å². The highest BCUT2D eigenvalue weighted by atomic mass is 79.9. The molecule has 0 aliphatic rings. The van der Waals surface area contributed by atoms with Gasteiger partial charge in [0.15, 0.2) is 6.10 Å². The highest BCUT2D eigenvalue weighted by molar-refractivity contribution is 9.10. The number of carbonyl (C=O) groups is 1. The van der Waals surface area contributed by atoms with Gasteiger partial charge in [-0.1, -0.05) is 23.7 Å². The maximum Gasteiger partial charge on any atom is 0.339 e.